The van der Waals surface area contributed by atoms with Gasteiger partial charge in [0, 0.05) is 10.6 Å². The van der Waals surface area contributed by atoms with Crippen LogP contribution in [-0.2, 0) is 6.61 Å². The molecule has 0 N–H and O–H groups in total. The molecule has 0 saturated heterocycles. The molecular formula is C26H24BrFN4O4S. The molecule has 4 aromatic rings. The monoisotopic (exact) mass is 586 g/mol. The lowest BCUT2D eigenvalue weighted by atomic mass is 10.1. The predicted molar refractivity (Wildman–Crippen MR) is 143 cm³/mol. The molecule has 1 heterocycles. The standard InChI is InChI=1S/C26H24BrFN4O4S/c1-3-35-22-11-9-21(10-12-22)32-17(2)29-30-26(32)37-25(15-31(33)34)19-6-13-24(23(27)14-19)36-16-18-4-7-20(28)8-5-18/h4-14,25H,3,15-16H2,1-2H3/t25-/m0/s1. The van der Waals surface area contributed by atoms with Gasteiger partial charge in [-0.3, -0.25) is 14.7 Å². The zero-order chi connectivity index (χ0) is 26.4. The fourth-order valence-corrected chi connectivity index (χ4v) is 5.30. The van der Waals surface area contributed by atoms with Gasteiger partial charge in [0.1, 0.15) is 35.0 Å². The minimum Gasteiger partial charge on any atom is -0.494 e. The van der Waals surface area contributed by atoms with Crippen LogP contribution < -0.4 is 9.47 Å². The van der Waals surface area contributed by atoms with Crippen LogP contribution in [0.2, 0.25) is 0 Å². The first-order chi connectivity index (χ1) is 17.8. The summed E-state index contributed by atoms with van der Waals surface area (Å²) >= 11 is 4.79. The van der Waals surface area contributed by atoms with Crippen molar-refractivity contribution in [3.05, 3.63) is 104 Å². The molecule has 0 aliphatic carbocycles. The molecule has 0 amide bonds. The van der Waals surface area contributed by atoms with E-state index in [9.17, 15) is 14.5 Å². The van der Waals surface area contributed by atoms with Crippen LogP contribution >= 0.6 is 27.7 Å². The Morgan fingerprint density at radius 2 is 1.81 bits per heavy atom. The van der Waals surface area contributed by atoms with Gasteiger partial charge in [0.2, 0.25) is 6.54 Å². The molecule has 0 fully saturated rings. The lowest BCUT2D eigenvalue weighted by Crippen LogP contribution is -2.11. The van der Waals surface area contributed by atoms with E-state index in [0.717, 1.165) is 22.6 Å². The number of halogens is 2. The third-order valence-electron chi connectivity index (χ3n) is 5.40. The van der Waals surface area contributed by atoms with E-state index in [-0.39, 0.29) is 23.9 Å². The maximum Gasteiger partial charge on any atom is 0.220 e. The van der Waals surface area contributed by atoms with Gasteiger partial charge >= 0.3 is 0 Å². The first kappa shape index (κ1) is 26.6. The minimum atomic E-state index is -0.525. The van der Waals surface area contributed by atoms with Crippen molar-refractivity contribution in [3.63, 3.8) is 0 Å². The lowest BCUT2D eigenvalue weighted by molar-refractivity contribution is -0.479. The highest BCUT2D eigenvalue weighted by Crippen LogP contribution is 2.39. The van der Waals surface area contributed by atoms with Crippen LogP contribution in [0, 0.1) is 22.9 Å². The molecule has 1 aromatic heterocycles. The van der Waals surface area contributed by atoms with E-state index in [1.165, 1.54) is 23.9 Å². The van der Waals surface area contributed by atoms with E-state index in [1.54, 1.807) is 24.3 Å². The summed E-state index contributed by atoms with van der Waals surface area (Å²) in [6.07, 6.45) is 0. The zero-order valence-electron chi connectivity index (χ0n) is 20.1. The summed E-state index contributed by atoms with van der Waals surface area (Å²) in [7, 11) is 0. The Kier molecular flexibility index (Phi) is 8.78. The maximum absolute atomic E-state index is 13.1. The molecule has 0 bridgehead atoms. The van der Waals surface area contributed by atoms with Gasteiger partial charge in [-0.1, -0.05) is 30.0 Å². The van der Waals surface area contributed by atoms with Crippen LogP contribution in [-0.4, -0.2) is 32.8 Å². The molecule has 0 saturated carbocycles. The number of hydrogen-bond donors (Lipinski definition) is 0. The second kappa shape index (κ2) is 12.2. The largest absolute Gasteiger partial charge is 0.494 e. The summed E-state index contributed by atoms with van der Waals surface area (Å²) in [6.45, 7) is 4.28. The lowest BCUT2D eigenvalue weighted by Gasteiger charge is -2.16. The normalized spacial score (nSPS) is 11.8. The number of aromatic nitrogens is 3. The molecular weight excluding hydrogens is 563 g/mol. The predicted octanol–water partition coefficient (Wildman–Crippen LogP) is 6.57. The molecule has 3 aromatic carbocycles. The smallest absolute Gasteiger partial charge is 0.220 e. The quantitative estimate of drug-likeness (QED) is 0.111. The highest BCUT2D eigenvalue weighted by molar-refractivity contribution is 9.10. The van der Waals surface area contributed by atoms with E-state index < -0.39 is 5.25 Å². The van der Waals surface area contributed by atoms with Gasteiger partial charge in [-0.15, -0.1) is 10.2 Å². The van der Waals surface area contributed by atoms with Crippen molar-refractivity contribution in [2.24, 2.45) is 0 Å². The number of rotatable bonds is 11. The fourth-order valence-electron chi connectivity index (χ4n) is 3.62. The number of thioether (sulfide) groups is 1. The van der Waals surface area contributed by atoms with Gasteiger partial charge in [-0.25, -0.2) is 4.39 Å². The average Bonchev–Trinajstić information content (AvgIpc) is 3.24. The van der Waals surface area contributed by atoms with E-state index >= 15 is 0 Å². The SMILES string of the molecule is CCOc1ccc(-n2c(C)nnc2S[C@@H](C[N+](=O)[O-])c2ccc(OCc3ccc(F)cc3)c(Br)c2)cc1. The van der Waals surface area contributed by atoms with Crippen LogP contribution in [0.3, 0.4) is 0 Å². The van der Waals surface area contributed by atoms with Crippen LogP contribution in [0.25, 0.3) is 5.69 Å². The molecule has 0 radical (unpaired) electrons. The molecule has 0 aliphatic heterocycles. The number of ether oxygens (including phenoxy) is 2. The molecule has 37 heavy (non-hydrogen) atoms. The topological polar surface area (TPSA) is 92.3 Å². The summed E-state index contributed by atoms with van der Waals surface area (Å²) in [5.41, 5.74) is 2.39. The molecule has 0 aliphatic rings. The summed E-state index contributed by atoms with van der Waals surface area (Å²) in [5, 5.41) is 20.1. The van der Waals surface area contributed by atoms with Gasteiger partial charge in [-0.05, 0) is 89.4 Å². The van der Waals surface area contributed by atoms with Crippen LogP contribution in [0.15, 0.2) is 76.4 Å². The number of aryl methyl sites for hydroxylation is 1. The van der Waals surface area contributed by atoms with E-state index in [4.69, 9.17) is 9.47 Å². The van der Waals surface area contributed by atoms with Crippen molar-refractivity contribution < 1.29 is 18.8 Å². The Labute approximate surface area is 226 Å². The third-order valence-corrected chi connectivity index (χ3v) is 7.20. The average molecular weight is 587 g/mol. The van der Waals surface area contributed by atoms with Crippen molar-refractivity contribution in [3.8, 4) is 17.2 Å². The minimum absolute atomic E-state index is 0.260. The molecule has 0 spiro atoms. The number of benzene rings is 3. The number of nitrogens with zero attached hydrogens (tertiary/aromatic N) is 4. The Morgan fingerprint density at radius 1 is 1.08 bits per heavy atom. The van der Waals surface area contributed by atoms with Crippen molar-refractivity contribution in [2.45, 2.75) is 30.9 Å². The summed E-state index contributed by atoms with van der Waals surface area (Å²) in [5.74, 6) is 1.68. The second-order valence-electron chi connectivity index (χ2n) is 8.02. The van der Waals surface area contributed by atoms with Gasteiger partial charge in [0.25, 0.3) is 0 Å². The summed E-state index contributed by atoms with van der Waals surface area (Å²) in [6, 6.07) is 19.0. The summed E-state index contributed by atoms with van der Waals surface area (Å²) < 4.78 is 27.0. The zero-order valence-corrected chi connectivity index (χ0v) is 22.5. The van der Waals surface area contributed by atoms with E-state index in [1.807, 2.05) is 48.7 Å². The van der Waals surface area contributed by atoms with Crippen molar-refractivity contribution in [1.82, 2.24) is 14.8 Å². The van der Waals surface area contributed by atoms with Crippen molar-refractivity contribution in [1.29, 1.82) is 0 Å². The molecule has 192 valence electrons. The van der Waals surface area contributed by atoms with Gasteiger partial charge in [0.15, 0.2) is 5.16 Å². The van der Waals surface area contributed by atoms with E-state index in [0.29, 0.717) is 27.8 Å². The number of nitro groups is 1. The maximum atomic E-state index is 13.1. The Morgan fingerprint density at radius 3 is 2.46 bits per heavy atom. The molecule has 1 atom stereocenters. The third kappa shape index (κ3) is 6.86. The number of hydrogen-bond acceptors (Lipinski definition) is 7. The van der Waals surface area contributed by atoms with Gasteiger partial charge in [0.05, 0.1) is 11.1 Å². The fraction of sp³-hybridized carbons (Fsp3) is 0.231. The van der Waals surface area contributed by atoms with E-state index in [2.05, 4.69) is 26.1 Å². The van der Waals surface area contributed by atoms with Gasteiger partial charge < -0.3 is 9.47 Å². The van der Waals surface area contributed by atoms with Crippen LogP contribution in [0.5, 0.6) is 11.5 Å². The second-order valence-corrected chi connectivity index (χ2v) is 10.0. The first-order valence-electron chi connectivity index (χ1n) is 11.4. The highest BCUT2D eigenvalue weighted by Gasteiger charge is 2.24. The first-order valence-corrected chi connectivity index (χ1v) is 13.1. The molecule has 0 unspecified atom stereocenters. The Balaban J connectivity index is 1.55. The Hall–Kier alpha value is -3.44. The Bertz CT molecular complexity index is 1370. The molecule has 8 nitrogen and oxygen atoms in total. The highest BCUT2D eigenvalue weighted by atomic mass is 79.9. The van der Waals surface area contributed by atoms with Crippen LogP contribution in [0.4, 0.5) is 4.39 Å². The summed E-state index contributed by atoms with van der Waals surface area (Å²) in [4.78, 5) is 11.2. The molecule has 11 heteroatoms. The van der Waals surface area contributed by atoms with Crippen LogP contribution in [0.1, 0.15) is 29.1 Å². The van der Waals surface area contributed by atoms with Crippen molar-refractivity contribution >= 4 is 27.7 Å². The van der Waals surface area contributed by atoms with Gasteiger partial charge in [-0.2, -0.15) is 0 Å². The molecule has 4 rings (SSSR count). The van der Waals surface area contributed by atoms with Crippen molar-refractivity contribution in [2.75, 3.05) is 13.2 Å².